The van der Waals surface area contributed by atoms with E-state index >= 15 is 0 Å². The molecule has 1 aromatic carbocycles. The van der Waals surface area contributed by atoms with Crippen molar-refractivity contribution in [3.05, 3.63) is 23.8 Å². The van der Waals surface area contributed by atoms with E-state index < -0.39 is 0 Å². The van der Waals surface area contributed by atoms with Crippen LogP contribution in [0.1, 0.15) is 24.2 Å². The van der Waals surface area contributed by atoms with Crippen LogP contribution in [0.4, 0.5) is 0 Å². The first-order valence-electron chi connectivity index (χ1n) is 5.39. The second-order valence-corrected chi connectivity index (χ2v) is 3.16. The summed E-state index contributed by atoms with van der Waals surface area (Å²) in [7, 11) is 3.09. The molecule has 1 aromatic rings. The van der Waals surface area contributed by atoms with Gasteiger partial charge in [-0.25, -0.2) is 0 Å². The minimum atomic E-state index is -0.211. The van der Waals surface area contributed by atoms with Gasteiger partial charge in [0.25, 0.3) is 0 Å². The Hall–Kier alpha value is -2.04. The van der Waals surface area contributed by atoms with Crippen LogP contribution in [0.25, 0.3) is 0 Å². The highest BCUT2D eigenvalue weighted by Gasteiger charge is 2.02. The van der Waals surface area contributed by atoms with Crippen molar-refractivity contribution in [2.45, 2.75) is 13.8 Å². The van der Waals surface area contributed by atoms with Crippen LogP contribution in [0.15, 0.2) is 18.2 Å². The van der Waals surface area contributed by atoms with Gasteiger partial charge < -0.3 is 14.2 Å². The predicted octanol–water partition coefficient (Wildman–Crippen LogP) is 2.09. The van der Waals surface area contributed by atoms with Crippen molar-refractivity contribution < 1.29 is 23.8 Å². The number of rotatable bonds is 4. The van der Waals surface area contributed by atoms with Crippen molar-refractivity contribution in [3.63, 3.8) is 0 Å². The zero-order valence-corrected chi connectivity index (χ0v) is 11.1. The van der Waals surface area contributed by atoms with E-state index in [0.717, 1.165) is 6.29 Å². The van der Waals surface area contributed by atoms with Gasteiger partial charge >= 0.3 is 5.97 Å². The molecule has 0 radical (unpaired) electrons. The Morgan fingerprint density at radius 2 is 1.83 bits per heavy atom. The Labute approximate surface area is 107 Å². The Morgan fingerprint density at radius 1 is 1.22 bits per heavy atom. The summed E-state index contributed by atoms with van der Waals surface area (Å²) in [5, 5.41) is 0. The van der Waals surface area contributed by atoms with E-state index in [0.29, 0.717) is 23.7 Å². The highest BCUT2D eigenvalue weighted by Crippen LogP contribution is 2.26. The molecule has 18 heavy (non-hydrogen) atoms. The topological polar surface area (TPSA) is 61.8 Å². The van der Waals surface area contributed by atoms with Gasteiger partial charge in [0.15, 0.2) is 11.5 Å². The van der Waals surface area contributed by atoms with E-state index in [1.54, 1.807) is 32.2 Å². The molecule has 0 saturated heterocycles. The van der Waals surface area contributed by atoms with E-state index in [-0.39, 0.29) is 5.97 Å². The zero-order chi connectivity index (χ0) is 14.0. The minimum Gasteiger partial charge on any atom is -0.493 e. The molecule has 0 spiro atoms. The smallest absolute Gasteiger partial charge is 0.302 e. The monoisotopic (exact) mass is 254 g/mol. The second kappa shape index (κ2) is 9.04. The number of carbonyl (C=O) groups excluding carboxylic acids is 2. The van der Waals surface area contributed by atoms with Gasteiger partial charge in [-0.2, -0.15) is 0 Å². The molecule has 100 valence electrons. The molecule has 1 rings (SSSR count). The first-order chi connectivity index (χ1) is 8.58. The Morgan fingerprint density at radius 3 is 2.17 bits per heavy atom. The van der Waals surface area contributed by atoms with Crippen molar-refractivity contribution in [3.8, 4) is 11.5 Å². The molecule has 5 nitrogen and oxygen atoms in total. The van der Waals surface area contributed by atoms with Crippen LogP contribution in [0.2, 0.25) is 0 Å². The van der Waals surface area contributed by atoms with Crippen molar-refractivity contribution in [1.82, 2.24) is 0 Å². The zero-order valence-electron chi connectivity index (χ0n) is 11.1. The second-order valence-electron chi connectivity index (χ2n) is 3.16. The number of hydrogen-bond acceptors (Lipinski definition) is 5. The lowest BCUT2D eigenvalue weighted by Crippen LogP contribution is -1.95. The Kier molecular flexibility index (Phi) is 8.01. The van der Waals surface area contributed by atoms with Gasteiger partial charge in [-0.05, 0) is 25.1 Å². The average Bonchev–Trinajstić information content (AvgIpc) is 2.38. The molecule has 0 heterocycles. The summed E-state index contributed by atoms with van der Waals surface area (Å²) in [6.45, 7) is 3.65. The molecule has 0 aliphatic heterocycles. The molecule has 0 atom stereocenters. The molecule has 0 aliphatic carbocycles. The first kappa shape index (κ1) is 16.0. The lowest BCUT2D eigenvalue weighted by Gasteiger charge is -2.06. The van der Waals surface area contributed by atoms with Gasteiger partial charge in [-0.1, -0.05) is 0 Å². The van der Waals surface area contributed by atoms with Crippen LogP contribution in [-0.2, 0) is 9.53 Å². The highest BCUT2D eigenvalue weighted by atomic mass is 16.5. The Balaban J connectivity index is 0.000000411. The number of methoxy groups -OCH3 is 2. The van der Waals surface area contributed by atoms with Crippen LogP contribution in [-0.4, -0.2) is 33.1 Å². The molecule has 0 amide bonds. The van der Waals surface area contributed by atoms with E-state index in [9.17, 15) is 9.59 Å². The molecule has 0 bridgehead atoms. The maximum atomic E-state index is 10.4. The van der Waals surface area contributed by atoms with Gasteiger partial charge in [-0.15, -0.1) is 0 Å². The van der Waals surface area contributed by atoms with Gasteiger partial charge in [0.05, 0.1) is 20.8 Å². The Bertz CT molecular complexity index is 387. The normalized spacial score (nSPS) is 8.67. The number of aldehydes is 1. The summed E-state index contributed by atoms with van der Waals surface area (Å²) < 4.78 is 14.4. The van der Waals surface area contributed by atoms with E-state index in [1.165, 1.54) is 14.0 Å². The van der Waals surface area contributed by atoms with E-state index in [4.69, 9.17) is 9.47 Å². The fourth-order valence-corrected chi connectivity index (χ4v) is 1.13. The lowest BCUT2D eigenvalue weighted by molar-refractivity contribution is -0.140. The van der Waals surface area contributed by atoms with Crippen LogP contribution < -0.4 is 9.47 Å². The van der Waals surface area contributed by atoms with Gasteiger partial charge in [0, 0.05) is 12.5 Å². The summed E-state index contributed by atoms with van der Waals surface area (Å²) >= 11 is 0. The van der Waals surface area contributed by atoms with Crippen molar-refractivity contribution in [2.75, 3.05) is 20.8 Å². The van der Waals surface area contributed by atoms with E-state index in [2.05, 4.69) is 4.74 Å². The predicted molar refractivity (Wildman–Crippen MR) is 67.2 cm³/mol. The van der Waals surface area contributed by atoms with Crippen molar-refractivity contribution in [1.29, 1.82) is 0 Å². The quantitative estimate of drug-likeness (QED) is 0.608. The summed E-state index contributed by atoms with van der Waals surface area (Å²) in [4.78, 5) is 20.2. The summed E-state index contributed by atoms with van der Waals surface area (Å²) in [6.07, 6.45) is 0.766. The molecular formula is C13H18O5. The molecule has 0 saturated carbocycles. The molecular weight excluding hydrogens is 236 g/mol. The van der Waals surface area contributed by atoms with Gasteiger partial charge in [0.2, 0.25) is 0 Å². The van der Waals surface area contributed by atoms with Crippen LogP contribution in [0.5, 0.6) is 11.5 Å². The third-order valence-electron chi connectivity index (χ3n) is 1.89. The van der Waals surface area contributed by atoms with E-state index in [1.807, 2.05) is 0 Å². The summed E-state index contributed by atoms with van der Waals surface area (Å²) in [5.41, 5.74) is 0.577. The fourth-order valence-electron chi connectivity index (χ4n) is 1.13. The SMILES string of the molecule is CCOC(C)=O.COc1ccc(C=O)cc1OC. The highest BCUT2D eigenvalue weighted by molar-refractivity contribution is 5.76. The third-order valence-corrected chi connectivity index (χ3v) is 1.89. The summed E-state index contributed by atoms with van der Waals surface area (Å²) in [5.74, 6) is 0.989. The van der Waals surface area contributed by atoms with Crippen molar-refractivity contribution >= 4 is 12.3 Å². The van der Waals surface area contributed by atoms with Crippen LogP contribution in [0.3, 0.4) is 0 Å². The average molecular weight is 254 g/mol. The largest absolute Gasteiger partial charge is 0.493 e. The minimum absolute atomic E-state index is 0.211. The fraction of sp³-hybridized carbons (Fsp3) is 0.385. The van der Waals surface area contributed by atoms with Crippen molar-refractivity contribution in [2.24, 2.45) is 0 Å². The van der Waals surface area contributed by atoms with Crippen LogP contribution in [0, 0.1) is 0 Å². The number of benzene rings is 1. The molecule has 0 unspecified atom stereocenters. The molecule has 0 aromatic heterocycles. The molecule has 5 heteroatoms. The number of carbonyl (C=O) groups is 2. The molecule has 0 aliphatic rings. The lowest BCUT2D eigenvalue weighted by atomic mass is 10.2. The third kappa shape index (κ3) is 5.89. The number of esters is 1. The molecule has 0 N–H and O–H groups in total. The number of ether oxygens (including phenoxy) is 3. The maximum Gasteiger partial charge on any atom is 0.302 e. The standard InChI is InChI=1S/C9H10O3.C4H8O2/c1-11-8-4-3-7(6-10)5-9(8)12-2;1-3-6-4(2)5/h3-6H,1-2H3;3H2,1-2H3. The summed E-state index contributed by atoms with van der Waals surface area (Å²) in [6, 6.07) is 5.00. The first-order valence-corrected chi connectivity index (χ1v) is 5.39. The van der Waals surface area contributed by atoms with Crippen LogP contribution >= 0.6 is 0 Å². The number of hydrogen-bond donors (Lipinski definition) is 0. The maximum absolute atomic E-state index is 10.4. The van der Waals surface area contributed by atoms with Gasteiger partial charge in [0.1, 0.15) is 6.29 Å². The molecule has 0 fully saturated rings. The van der Waals surface area contributed by atoms with Gasteiger partial charge in [-0.3, -0.25) is 9.59 Å².